The molecule has 33 heavy (non-hydrogen) atoms. The quantitative estimate of drug-likeness (QED) is 0.599. The molecule has 1 atom stereocenters. The number of benzene rings is 2. The van der Waals surface area contributed by atoms with E-state index in [0.29, 0.717) is 22.9 Å². The van der Waals surface area contributed by atoms with Gasteiger partial charge >= 0.3 is 0 Å². The van der Waals surface area contributed by atoms with Crippen LogP contribution in [0.3, 0.4) is 0 Å². The molecule has 2 N–H and O–H groups in total. The molecule has 0 saturated carbocycles. The molecule has 0 aromatic heterocycles. The van der Waals surface area contributed by atoms with E-state index < -0.39 is 6.04 Å². The van der Waals surface area contributed by atoms with E-state index in [-0.39, 0.29) is 18.4 Å². The summed E-state index contributed by atoms with van der Waals surface area (Å²) in [7, 11) is 4.82. The van der Waals surface area contributed by atoms with Crippen molar-refractivity contribution >= 4 is 28.9 Å². The Bertz CT molecular complexity index is 944. The van der Waals surface area contributed by atoms with Crippen molar-refractivity contribution in [1.82, 2.24) is 4.90 Å². The molecule has 1 aliphatic rings. The highest BCUT2D eigenvalue weighted by Crippen LogP contribution is 2.29. The predicted molar refractivity (Wildman–Crippen MR) is 128 cm³/mol. The summed E-state index contributed by atoms with van der Waals surface area (Å²) in [6, 6.07) is 12.4. The average Bonchev–Trinajstić information content (AvgIpc) is 2.84. The number of amides is 2. The molecule has 2 aromatic carbocycles. The number of nitrogens with zero attached hydrogens (tertiary/aromatic N) is 2. The van der Waals surface area contributed by atoms with Gasteiger partial charge in [-0.15, -0.1) is 0 Å². The first-order valence-electron chi connectivity index (χ1n) is 10.9. The van der Waals surface area contributed by atoms with E-state index in [1.807, 2.05) is 24.3 Å². The molecule has 1 fully saturated rings. The van der Waals surface area contributed by atoms with Crippen LogP contribution in [-0.4, -0.2) is 76.9 Å². The van der Waals surface area contributed by atoms with Crippen LogP contribution in [-0.2, 0) is 14.3 Å². The first-order chi connectivity index (χ1) is 15.9. The SMILES string of the molecule is COc1ccc(OC)c(NC(=O)C(C)N(C)CC(=O)Nc2ccc(N3CCOCC3)cc2)c1. The largest absolute Gasteiger partial charge is 0.497 e. The smallest absolute Gasteiger partial charge is 0.241 e. The van der Waals surface area contributed by atoms with Crippen molar-refractivity contribution in [2.75, 3.05) is 69.6 Å². The van der Waals surface area contributed by atoms with Gasteiger partial charge in [0.2, 0.25) is 11.8 Å². The lowest BCUT2D eigenvalue weighted by Gasteiger charge is -2.29. The number of nitrogens with one attached hydrogen (secondary N) is 2. The molecule has 9 nitrogen and oxygen atoms in total. The highest BCUT2D eigenvalue weighted by atomic mass is 16.5. The van der Waals surface area contributed by atoms with Gasteiger partial charge in [0.25, 0.3) is 0 Å². The van der Waals surface area contributed by atoms with Crippen molar-refractivity contribution < 1.29 is 23.8 Å². The number of carbonyl (C=O) groups is 2. The third-order valence-corrected chi connectivity index (χ3v) is 5.63. The van der Waals surface area contributed by atoms with Crippen molar-refractivity contribution in [1.29, 1.82) is 0 Å². The van der Waals surface area contributed by atoms with Crippen LogP contribution in [0.2, 0.25) is 0 Å². The Balaban J connectivity index is 1.53. The maximum absolute atomic E-state index is 12.8. The Morgan fingerprint density at radius 2 is 1.76 bits per heavy atom. The number of methoxy groups -OCH3 is 2. The lowest BCUT2D eigenvalue weighted by atomic mass is 10.2. The van der Waals surface area contributed by atoms with Crippen molar-refractivity contribution in [3.63, 3.8) is 0 Å². The number of carbonyl (C=O) groups excluding carboxylic acids is 2. The number of rotatable bonds is 9. The fourth-order valence-electron chi connectivity index (χ4n) is 3.49. The summed E-state index contributed by atoms with van der Waals surface area (Å²) in [5, 5.41) is 5.73. The summed E-state index contributed by atoms with van der Waals surface area (Å²) in [5.41, 5.74) is 2.32. The second kappa shape index (κ2) is 11.5. The lowest BCUT2D eigenvalue weighted by molar-refractivity contribution is -0.122. The molecule has 1 unspecified atom stereocenters. The summed E-state index contributed by atoms with van der Waals surface area (Å²) in [5.74, 6) is 0.672. The average molecular weight is 457 g/mol. The van der Waals surface area contributed by atoms with Gasteiger partial charge in [-0.25, -0.2) is 0 Å². The molecule has 1 saturated heterocycles. The molecule has 0 bridgehead atoms. The molecule has 178 valence electrons. The Labute approximate surface area is 194 Å². The van der Waals surface area contributed by atoms with E-state index >= 15 is 0 Å². The van der Waals surface area contributed by atoms with Crippen LogP contribution in [0.25, 0.3) is 0 Å². The van der Waals surface area contributed by atoms with E-state index in [0.717, 1.165) is 32.0 Å². The first kappa shape index (κ1) is 24.3. The van der Waals surface area contributed by atoms with E-state index in [1.165, 1.54) is 7.11 Å². The van der Waals surface area contributed by atoms with Crippen LogP contribution in [0.5, 0.6) is 11.5 Å². The summed E-state index contributed by atoms with van der Waals surface area (Å²) in [6.07, 6.45) is 0. The monoisotopic (exact) mass is 456 g/mol. The zero-order chi connectivity index (χ0) is 23.8. The van der Waals surface area contributed by atoms with Gasteiger partial charge in [-0.1, -0.05) is 0 Å². The van der Waals surface area contributed by atoms with E-state index in [1.54, 1.807) is 44.2 Å². The zero-order valence-corrected chi connectivity index (χ0v) is 19.6. The Hall–Kier alpha value is -3.30. The minimum atomic E-state index is -0.546. The van der Waals surface area contributed by atoms with Crippen LogP contribution in [0.1, 0.15) is 6.92 Å². The minimum Gasteiger partial charge on any atom is -0.497 e. The molecule has 0 spiro atoms. The van der Waals surface area contributed by atoms with Crippen LogP contribution in [0.4, 0.5) is 17.1 Å². The van der Waals surface area contributed by atoms with Crippen molar-refractivity contribution in [2.24, 2.45) is 0 Å². The van der Waals surface area contributed by atoms with Crippen LogP contribution in [0, 0.1) is 0 Å². The van der Waals surface area contributed by atoms with Gasteiger partial charge in [-0.2, -0.15) is 0 Å². The summed E-state index contributed by atoms with van der Waals surface area (Å²) in [6.45, 7) is 4.97. The number of anilines is 3. The fourth-order valence-corrected chi connectivity index (χ4v) is 3.49. The second-order valence-electron chi connectivity index (χ2n) is 7.84. The number of likely N-dealkylation sites (N-methyl/N-ethyl adjacent to an activating group) is 1. The summed E-state index contributed by atoms with van der Waals surface area (Å²) < 4.78 is 15.9. The van der Waals surface area contributed by atoms with Crippen LogP contribution >= 0.6 is 0 Å². The topological polar surface area (TPSA) is 92.4 Å². The number of morpholine rings is 1. The molecule has 9 heteroatoms. The van der Waals surface area contributed by atoms with Crippen molar-refractivity contribution in [3.05, 3.63) is 42.5 Å². The number of ether oxygens (including phenoxy) is 3. The van der Waals surface area contributed by atoms with Crippen LogP contribution < -0.4 is 25.0 Å². The minimum absolute atomic E-state index is 0.0645. The van der Waals surface area contributed by atoms with Crippen LogP contribution in [0.15, 0.2) is 42.5 Å². The molecule has 1 aliphatic heterocycles. The first-order valence-corrected chi connectivity index (χ1v) is 10.9. The second-order valence-corrected chi connectivity index (χ2v) is 7.84. The fraction of sp³-hybridized carbons (Fsp3) is 0.417. The molecule has 2 aromatic rings. The van der Waals surface area contributed by atoms with Gasteiger partial charge in [0.05, 0.1) is 45.7 Å². The standard InChI is InChI=1S/C24H32N4O5/c1-17(24(30)26-21-15-20(31-3)9-10-22(21)32-4)27(2)16-23(29)25-18-5-7-19(8-6-18)28-11-13-33-14-12-28/h5-10,15,17H,11-14,16H2,1-4H3,(H,25,29)(H,26,30). The molecule has 2 amide bonds. The maximum Gasteiger partial charge on any atom is 0.241 e. The third kappa shape index (κ3) is 6.59. The third-order valence-electron chi connectivity index (χ3n) is 5.63. The Kier molecular flexibility index (Phi) is 8.51. The maximum atomic E-state index is 12.8. The number of hydrogen-bond donors (Lipinski definition) is 2. The lowest BCUT2D eigenvalue weighted by Crippen LogP contribution is -2.43. The van der Waals surface area contributed by atoms with Crippen molar-refractivity contribution in [3.8, 4) is 11.5 Å². The van der Waals surface area contributed by atoms with E-state index in [9.17, 15) is 9.59 Å². The van der Waals surface area contributed by atoms with Gasteiger partial charge in [-0.3, -0.25) is 14.5 Å². The highest BCUT2D eigenvalue weighted by Gasteiger charge is 2.22. The van der Waals surface area contributed by atoms with Gasteiger partial charge in [0.1, 0.15) is 11.5 Å². The zero-order valence-electron chi connectivity index (χ0n) is 19.6. The van der Waals surface area contributed by atoms with Gasteiger partial charge in [-0.05, 0) is 50.4 Å². The van der Waals surface area contributed by atoms with Crippen molar-refractivity contribution in [2.45, 2.75) is 13.0 Å². The summed E-state index contributed by atoms with van der Waals surface area (Å²) in [4.78, 5) is 29.2. The normalized spacial score (nSPS) is 14.5. The highest BCUT2D eigenvalue weighted by molar-refractivity contribution is 5.97. The van der Waals surface area contributed by atoms with Gasteiger partial charge < -0.3 is 29.7 Å². The van der Waals surface area contributed by atoms with Gasteiger partial charge in [0, 0.05) is 30.5 Å². The number of hydrogen-bond acceptors (Lipinski definition) is 7. The molecule has 3 rings (SSSR count). The Morgan fingerprint density at radius 1 is 1.06 bits per heavy atom. The molecule has 0 radical (unpaired) electrons. The summed E-state index contributed by atoms with van der Waals surface area (Å²) >= 11 is 0. The molecular formula is C24H32N4O5. The van der Waals surface area contributed by atoms with E-state index in [2.05, 4.69) is 15.5 Å². The van der Waals surface area contributed by atoms with Gasteiger partial charge in [0.15, 0.2) is 0 Å². The Morgan fingerprint density at radius 3 is 2.39 bits per heavy atom. The molecule has 1 heterocycles. The predicted octanol–water partition coefficient (Wildman–Crippen LogP) is 2.44. The molecule has 0 aliphatic carbocycles. The molecular weight excluding hydrogens is 424 g/mol. The van der Waals surface area contributed by atoms with E-state index in [4.69, 9.17) is 14.2 Å².